The fourth-order valence-electron chi connectivity index (χ4n) is 23.2. The van der Waals surface area contributed by atoms with E-state index in [1.54, 1.807) is 11.1 Å². The molecule has 712 valence electrons. The van der Waals surface area contributed by atoms with Crippen molar-refractivity contribution < 1.29 is 0 Å². The van der Waals surface area contributed by atoms with Gasteiger partial charge in [-0.25, -0.2) is 0 Å². The van der Waals surface area contributed by atoms with E-state index in [9.17, 15) is 0 Å². The molecule has 0 bridgehead atoms. The number of nitrogens with zero attached hydrogens (tertiary/aromatic N) is 4. The zero-order chi connectivity index (χ0) is 99.3. The number of para-hydroxylation sites is 2. The molecule has 0 radical (unpaired) electrons. The van der Waals surface area contributed by atoms with Gasteiger partial charge in [-0.05, 0) is 352 Å². The summed E-state index contributed by atoms with van der Waals surface area (Å²) in [4.78, 5) is 4.82. The van der Waals surface area contributed by atoms with Crippen LogP contribution in [0.1, 0.15) is 140 Å². The van der Waals surface area contributed by atoms with Crippen molar-refractivity contribution in [2.75, 3.05) is 9.80 Å². The Balaban J connectivity index is 0.000000151. The van der Waals surface area contributed by atoms with E-state index in [2.05, 4.69) is 548 Å². The van der Waals surface area contributed by atoms with E-state index in [-0.39, 0.29) is 18.3 Å². The highest BCUT2D eigenvalue weighted by atomic mass is 15.1. The number of rotatable bonds is 21. The van der Waals surface area contributed by atoms with Crippen molar-refractivity contribution in [2.24, 2.45) is 0 Å². The maximum absolute atomic E-state index is 4.00. The smallest absolute Gasteiger partial charge is 0.0541 e. The molecule has 4 aliphatic rings. The van der Waals surface area contributed by atoms with E-state index < -0.39 is 0 Å². The molecule has 0 saturated carbocycles. The molecule has 2 heterocycles. The van der Waals surface area contributed by atoms with Crippen LogP contribution in [0.25, 0.3) is 156 Å². The van der Waals surface area contributed by atoms with Gasteiger partial charge in [0.2, 0.25) is 0 Å². The number of fused-ring (bicyclic) bond motifs is 14. The Labute approximate surface area is 867 Å². The molecule has 0 fully saturated rings. The quantitative estimate of drug-likeness (QED) is 0.0667. The minimum Gasteiger partial charge on any atom is -0.310 e. The summed E-state index contributed by atoms with van der Waals surface area (Å²) < 4.78 is 4.81. The molecule has 22 aromatic rings. The van der Waals surface area contributed by atoms with Gasteiger partial charge in [0.05, 0.1) is 22.1 Å². The second-order valence-electron chi connectivity index (χ2n) is 40.6. The van der Waals surface area contributed by atoms with Gasteiger partial charge in [0.25, 0.3) is 0 Å². The summed E-state index contributed by atoms with van der Waals surface area (Å²) in [5, 5.41) is 4.96. The third kappa shape index (κ3) is 17.8. The molecule has 0 saturated heterocycles. The number of benzene rings is 20. The largest absolute Gasteiger partial charge is 0.310 e. The van der Waals surface area contributed by atoms with Crippen LogP contribution >= 0.6 is 0 Å². The molecule has 0 N–H and O–H groups in total. The van der Waals surface area contributed by atoms with Crippen molar-refractivity contribution in [2.45, 2.75) is 110 Å². The van der Waals surface area contributed by atoms with Crippen LogP contribution in [0.3, 0.4) is 0 Å². The Kier molecular flexibility index (Phi) is 25.8. The first kappa shape index (κ1) is 94.5. The molecule has 0 amide bonds. The summed E-state index contributed by atoms with van der Waals surface area (Å²) in [7, 11) is 0. The van der Waals surface area contributed by atoms with Gasteiger partial charge in [-0.15, -0.1) is 12.8 Å². The highest BCUT2D eigenvalue weighted by Gasteiger charge is 2.38. The predicted octanol–water partition coefficient (Wildman–Crippen LogP) is 38.9. The summed E-state index contributed by atoms with van der Waals surface area (Å²) >= 11 is 0. The number of hydrogen-bond acceptors (Lipinski definition) is 2. The Hall–Kier alpha value is -17.4. The van der Waals surface area contributed by atoms with Crippen molar-refractivity contribution in [1.82, 2.24) is 9.13 Å². The number of aromatic nitrogens is 2. The lowest BCUT2D eigenvalue weighted by Crippen LogP contribution is -2.16. The van der Waals surface area contributed by atoms with Crippen LogP contribution in [-0.2, 0) is 36.5 Å². The molecule has 20 aromatic carbocycles. The van der Waals surface area contributed by atoms with Crippen LogP contribution in [0.5, 0.6) is 0 Å². The zero-order valence-electron chi connectivity index (χ0n) is 83.8. The number of anilines is 6. The normalized spacial score (nSPS) is 13.1. The summed E-state index contributed by atoms with van der Waals surface area (Å²) in [5.41, 5.74) is 50.3. The third-order valence-corrected chi connectivity index (χ3v) is 31.5. The first-order valence-corrected chi connectivity index (χ1v) is 51.5. The van der Waals surface area contributed by atoms with Crippen molar-refractivity contribution >= 4 is 89.9 Å². The second-order valence-corrected chi connectivity index (χ2v) is 40.6. The summed E-state index contributed by atoms with van der Waals surface area (Å²) in [5.74, 6) is 1.05. The van der Waals surface area contributed by atoms with E-state index in [0.29, 0.717) is 11.8 Å². The maximum atomic E-state index is 4.00. The van der Waals surface area contributed by atoms with Crippen LogP contribution < -0.4 is 9.80 Å². The van der Waals surface area contributed by atoms with Gasteiger partial charge in [0, 0.05) is 77.9 Å². The van der Waals surface area contributed by atoms with Gasteiger partial charge >= 0.3 is 0 Å². The lowest BCUT2D eigenvalue weighted by Gasteiger charge is -2.28. The molecular weight excluding hydrogens is 1770 g/mol. The van der Waals surface area contributed by atoms with Gasteiger partial charge in [-0.2, -0.15) is 0 Å². The van der Waals surface area contributed by atoms with E-state index in [1.807, 2.05) is 12.2 Å². The summed E-state index contributed by atoms with van der Waals surface area (Å²) in [6.07, 6.45) is 19.1. The first-order valence-electron chi connectivity index (χ1n) is 51.5. The van der Waals surface area contributed by atoms with Crippen molar-refractivity contribution in [3.63, 3.8) is 0 Å². The molecule has 2 unspecified atom stereocenters. The number of aryl methyl sites for hydroxylation is 4. The maximum Gasteiger partial charge on any atom is 0.0541 e. The fraction of sp³-hybridized carbons (Fsp3) is 0.119. The molecule has 2 aromatic heterocycles. The monoisotopic (exact) mass is 1890 g/mol. The first-order chi connectivity index (χ1) is 71.6. The van der Waals surface area contributed by atoms with E-state index >= 15 is 0 Å². The molecule has 4 nitrogen and oxygen atoms in total. The molecule has 0 aliphatic heterocycles. The van der Waals surface area contributed by atoms with Crippen molar-refractivity contribution in [1.29, 1.82) is 0 Å². The van der Waals surface area contributed by atoms with E-state index in [0.717, 1.165) is 57.5 Å². The summed E-state index contributed by atoms with van der Waals surface area (Å²) in [6, 6.07) is 171. The number of hydrogen-bond donors (Lipinski definition) is 0. The van der Waals surface area contributed by atoms with Gasteiger partial charge in [-0.3, -0.25) is 0 Å². The third-order valence-electron chi connectivity index (χ3n) is 31.5. The molecular formula is C143H120N4. The molecule has 147 heavy (non-hydrogen) atoms. The highest BCUT2D eigenvalue weighted by Crippen LogP contribution is 2.54. The minimum atomic E-state index is -0.109. The highest BCUT2D eigenvalue weighted by molar-refractivity contribution is 6.13. The summed E-state index contributed by atoms with van der Waals surface area (Å²) in [6.45, 7) is 21.8. The van der Waals surface area contributed by atoms with Gasteiger partial charge in [0.15, 0.2) is 0 Å². The Morgan fingerprint density at radius 3 is 0.905 bits per heavy atom. The number of terminal acetylenes is 1. The molecule has 4 heteroatoms. The van der Waals surface area contributed by atoms with Gasteiger partial charge in [-0.1, -0.05) is 390 Å². The zero-order valence-corrected chi connectivity index (χ0v) is 83.8. The average molecular weight is 1890 g/mol. The van der Waals surface area contributed by atoms with Crippen LogP contribution in [0, 0.1) is 12.8 Å². The molecule has 26 rings (SSSR count). The minimum absolute atomic E-state index is 0. The average Bonchev–Trinajstić information content (AvgIpc) is 1.58. The standard InChI is InChI=1S/C71H60N2.C59H44N2.C10H10.C2H2.CH4/c1-5-48(55-26-24-52-25-27-56(52)43-55)42-47(2)49-20-22-53(23-21-49)57-32-40-69-65(44-57)66-45-58(33-41-70(66)73(69)59-16-10-7-11-17-59)54-30-36-61(37-31-54)72(60-34-28-51(29-35-60)50-14-8-6-9-15-50)62-38-39-64-63-18-12-13-19-67(63)71(3,4)68(64)46-62;1-4-40-19-21-43(22-20-40)45-27-35-57-53(37-45)54-38-46(28-36-58(54)61(57)47-15-9-6-10-16-47)44-25-31-49(32-26-44)60(48-29-23-42(24-30-48)41-13-7-5-8-14-41)50-33-34-52-51-17-11-12-18-55(51)59(2,3)56(52)39-50;1-2-8-3-4-9-5-6-10(9)7-8;1-2;/h6-24,26,28-41,43-48H,5,25,27,42H2,1-4H3;4-39H,1H2,2-3H3;2-4,7H,1,5-6H2;1-2H;1H4. The van der Waals surface area contributed by atoms with E-state index in [4.69, 9.17) is 0 Å². The molecule has 0 spiro atoms. The Morgan fingerprint density at radius 2 is 0.558 bits per heavy atom. The van der Waals surface area contributed by atoms with Crippen molar-refractivity contribution in [3.8, 4) is 113 Å². The lowest BCUT2D eigenvalue weighted by molar-refractivity contribution is 0.543. The Morgan fingerprint density at radius 1 is 0.272 bits per heavy atom. The van der Waals surface area contributed by atoms with Crippen molar-refractivity contribution in [3.05, 3.63) is 541 Å². The van der Waals surface area contributed by atoms with Crippen LogP contribution in [0.4, 0.5) is 34.1 Å². The van der Waals surface area contributed by atoms with Crippen LogP contribution in [0.2, 0.25) is 0 Å². The molecule has 2 atom stereocenters. The lowest BCUT2D eigenvalue weighted by atomic mass is 9.80. The van der Waals surface area contributed by atoms with Crippen LogP contribution in [-0.4, -0.2) is 9.13 Å². The SMILES string of the molecule is C.C#C.C=Cc1ccc(-c2ccc3c(c2)c2cc(-c4ccc(N(c5ccc(-c6ccccc6)cc5)c5ccc6c(c5)C(C)(C)c5ccccc5-6)cc4)ccc2n3-c2ccccc2)cc1.C=Cc1ccc2c(c1)CC2.CCC(CC(C)c1ccc(-c2ccc3c(c2)c2cc(-c4ccc(N(c5ccc(-c6ccccc6)cc5)c5ccc6c(c5)C(C)(C)c5ccccc5-6)cc4)ccc2n3-c2ccccc2)cc1)c1ccc2c(c1)CC2. The van der Waals surface area contributed by atoms with Gasteiger partial charge < -0.3 is 18.9 Å². The van der Waals surface area contributed by atoms with Crippen LogP contribution in [0.15, 0.2) is 474 Å². The van der Waals surface area contributed by atoms with Gasteiger partial charge in [0.1, 0.15) is 0 Å². The second kappa shape index (κ2) is 40.1. The van der Waals surface area contributed by atoms with E-state index in [1.165, 1.54) is 215 Å². The topological polar surface area (TPSA) is 16.3 Å². The predicted molar refractivity (Wildman–Crippen MR) is 629 cm³/mol. The fourth-order valence-corrected chi connectivity index (χ4v) is 23.2. The molecule has 4 aliphatic carbocycles. The Bertz CT molecular complexity index is 8680.